The van der Waals surface area contributed by atoms with Gasteiger partial charge in [-0.3, -0.25) is 9.48 Å². The molecule has 9 heteroatoms. The van der Waals surface area contributed by atoms with Crippen molar-refractivity contribution >= 4 is 17.4 Å². The Morgan fingerprint density at radius 2 is 2.10 bits per heavy atom. The van der Waals surface area contributed by atoms with Crippen LogP contribution in [0.1, 0.15) is 60.4 Å². The normalized spacial score (nSPS) is 21.9. The SMILES string of the molecule is CCn1ccc(C(=O)N2CCCC[C@H]2c2cc3nc(N4CC[C@H](N)C4)c(C)cn3n2)n1. The van der Waals surface area contributed by atoms with Crippen LogP contribution in [0.2, 0.25) is 0 Å². The van der Waals surface area contributed by atoms with Gasteiger partial charge in [0, 0.05) is 56.2 Å². The summed E-state index contributed by atoms with van der Waals surface area (Å²) in [6.07, 6.45) is 7.86. The van der Waals surface area contributed by atoms with E-state index in [-0.39, 0.29) is 18.0 Å². The van der Waals surface area contributed by atoms with E-state index in [1.165, 1.54) is 0 Å². The summed E-state index contributed by atoms with van der Waals surface area (Å²) in [5, 5.41) is 9.24. The summed E-state index contributed by atoms with van der Waals surface area (Å²) in [7, 11) is 0. The third kappa shape index (κ3) is 3.67. The number of hydrogen-bond acceptors (Lipinski definition) is 6. The lowest BCUT2D eigenvalue weighted by Crippen LogP contribution is -2.39. The predicted octanol–water partition coefficient (Wildman–Crippen LogP) is 2.16. The van der Waals surface area contributed by atoms with Crippen molar-refractivity contribution in [2.45, 2.75) is 58.2 Å². The van der Waals surface area contributed by atoms with Crippen molar-refractivity contribution in [1.82, 2.24) is 29.3 Å². The average Bonchev–Trinajstić information content (AvgIpc) is 3.51. The minimum absolute atomic E-state index is 0.0233. The Kier molecular flexibility index (Phi) is 5.13. The van der Waals surface area contributed by atoms with Crippen LogP contribution in [0.15, 0.2) is 24.5 Å². The molecular formula is C22H30N8O. The van der Waals surface area contributed by atoms with E-state index in [1.54, 1.807) is 10.7 Å². The van der Waals surface area contributed by atoms with Gasteiger partial charge in [0.1, 0.15) is 11.5 Å². The maximum atomic E-state index is 13.2. The van der Waals surface area contributed by atoms with Crippen LogP contribution in [-0.2, 0) is 6.54 Å². The number of carbonyl (C=O) groups is 1. The summed E-state index contributed by atoms with van der Waals surface area (Å²) >= 11 is 0. The van der Waals surface area contributed by atoms with E-state index in [0.717, 1.165) is 74.6 Å². The number of hydrogen-bond donors (Lipinski definition) is 1. The summed E-state index contributed by atoms with van der Waals surface area (Å²) < 4.78 is 3.63. The molecule has 0 spiro atoms. The zero-order valence-corrected chi connectivity index (χ0v) is 18.2. The van der Waals surface area contributed by atoms with Crippen LogP contribution in [0.25, 0.3) is 5.65 Å². The van der Waals surface area contributed by atoms with Crippen LogP contribution in [0.4, 0.5) is 5.82 Å². The maximum absolute atomic E-state index is 13.2. The quantitative estimate of drug-likeness (QED) is 0.692. The van der Waals surface area contributed by atoms with Gasteiger partial charge >= 0.3 is 0 Å². The van der Waals surface area contributed by atoms with Crippen molar-refractivity contribution < 1.29 is 4.79 Å². The molecule has 0 saturated carbocycles. The van der Waals surface area contributed by atoms with Crippen molar-refractivity contribution in [3.8, 4) is 0 Å². The number of fused-ring (bicyclic) bond motifs is 1. The first kappa shape index (κ1) is 20.0. The molecule has 0 aromatic carbocycles. The lowest BCUT2D eigenvalue weighted by Gasteiger charge is -2.34. The molecular weight excluding hydrogens is 392 g/mol. The number of rotatable bonds is 4. The first-order valence-corrected chi connectivity index (χ1v) is 11.3. The van der Waals surface area contributed by atoms with Gasteiger partial charge in [0.15, 0.2) is 5.65 Å². The van der Waals surface area contributed by atoms with Gasteiger partial charge in [0.25, 0.3) is 5.91 Å². The number of nitrogens with zero attached hydrogens (tertiary/aromatic N) is 7. The van der Waals surface area contributed by atoms with Crippen LogP contribution in [0.5, 0.6) is 0 Å². The standard InChI is InChI=1S/C22H30N8O/c1-3-28-11-8-17(25-28)22(31)29-9-5-4-6-19(29)18-12-20-24-21(15(2)13-30(20)26-18)27-10-7-16(23)14-27/h8,11-13,16,19H,3-7,9-10,14,23H2,1-2H3/t16-,19-/m0/s1. The number of piperidine rings is 1. The van der Waals surface area contributed by atoms with Gasteiger partial charge in [-0.15, -0.1) is 0 Å². The molecule has 3 aromatic heterocycles. The molecule has 2 atom stereocenters. The van der Waals surface area contributed by atoms with Gasteiger partial charge in [-0.2, -0.15) is 10.2 Å². The van der Waals surface area contributed by atoms with Crippen LogP contribution in [0, 0.1) is 6.92 Å². The van der Waals surface area contributed by atoms with Crippen molar-refractivity contribution in [3.05, 3.63) is 41.5 Å². The highest BCUT2D eigenvalue weighted by Gasteiger charge is 2.32. The molecule has 2 aliphatic rings. The Morgan fingerprint density at radius 3 is 2.84 bits per heavy atom. The largest absolute Gasteiger partial charge is 0.355 e. The summed E-state index contributed by atoms with van der Waals surface area (Å²) in [6, 6.07) is 3.98. The van der Waals surface area contributed by atoms with Crippen LogP contribution >= 0.6 is 0 Å². The van der Waals surface area contributed by atoms with Gasteiger partial charge in [-0.05, 0) is 45.6 Å². The summed E-state index contributed by atoms with van der Waals surface area (Å²) in [4.78, 5) is 22.3. The van der Waals surface area contributed by atoms with E-state index in [4.69, 9.17) is 15.8 Å². The third-order valence-electron chi connectivity index (χ3n) is 6.44. The Hall–Kier alpha value is -2.94. The van der Waals surface area contributed by atoms with Gasteiger partial charge in [-0.1, -0.05) is 0 Å². The predicted molar refractivity (Wildman–Crippen MR) is 118 cm³/mol. The van der Waals surface area contributed by atoms with E-state index < -0.39 is 0 Å². The minimum atomic E-state index is -0.0568. The van der Waals surface area contributed by atoms with E-state index in [9.17, 15) is 4.79 Å². The summed E-state index contributed by atoms with van der Waals surface area (Å²) in [5.74, 6) is 0.957. The Labute approximate surface area is 181 Å². The zero-order valence-electron chi connectivity index (χ0n) is 18.2. The Bertz CT molecular complexity index is 1100. The molecule has 9 nitrogen and oxygen atoms in total. The lowest BCUT2D eigenvalue weighted by molar-refractivity contribution is 0.0598. The smallest absolute Gasteiger partial charge is 0.274 e. The molecule has 2 N–H and O–H groups in total. The number of likely N-dealkylation sites (tertiary alicyclic amines) is 1. The second kappa shape index (κ2) is 7.96. The molecule has 0 aliphatic carbocycles. The highest BCUT2D eigenvalue weighted by molar-refractivity contribution is 5.92. The third-order valence-corrected chi connectivity index (χ3v) is 6.44. The monoisotopic (exact) mass is 422 g/mol. The van der Waals surface area contributed by atoms with Crippen LogP contribution < -0.4 is 10.6 Å². The number of anilines is 1. The number of carbonyl (C=O) groups excluding carboxylic acids is 1. The molecule has 164 valence electrons. The second-order valence-electron chi connectivity index (χ2n) is 8.68. The van der Waals surface area contributed by atoms with Crippen molar-refractivity contribution in [2.75, 3.05) is 24.5 Å². The first-order chi connectivity index (χ1) is 15.0. The van der Waals surface area contributed by atoms with Gasteiger partial charge in [0.05, 0.1) is 11.7 Å². The zero-order chi connectivity index (χ0) is 21.5. The molecule has 0 radical (unpaired) electrons. The van der Waals surface area contributed by atoms with Crippen molar-refractivity contribution in [1.29, 1.82) is 0 Å². The van der Waals surface area contributed by atoms with Gasteiger partial charge in [-0.25, -0.2) is 9.50 Å². The molecule has 2 aliphatic heterocycles. The van der Waals surface area contributed by atoms with E-state index in [0.29, 0.717) is 5.69 Å². The van der Waals surface area contributed by atoms with Crippen molar-refractivity contribution in [2.24, 2.45) is 5.73 Å². The Balaban J connectivity index is 1.45. The van der Waals surface area contributed by atoms with Gasteiger partial charge < -0.3 is 15.5 Å². The molecule has 31 heavy (non-hydrogen) atoms. The molecule has 2 saturated heterocycles. The number of amides is 1. The molecule has 5 heterocycles. The van der Waals surface area contributed by atoms with E-state index in [2.05, 4.69) is 16.9 Å². The molecule has 0 bridgehead atoms. The maximum Gasteiger partial charge on any atom is 0.274 e. The number of aryl methyl sites for hydroxylation is 2. The highest BCUT2D eigenvalue weighted by Crippen LogP contribution is 2.32. The average molecular weight is 423 g/mol. The van der Waals surface area contributed by atoms with E-state index in [1.807, 2.05) is 34.8 Å². The summed E-state index contributed by atoms with van der Waals surface area (Å²) in [5.41, 5.74) is 9.38. The molecule has 3 aromatic rings. The second-order valence-corrected chi connectivity index (χ2v) is 8.68. The molecule has 5 rings (SSSR count). The highest BCUT2D eigenvalue weighted by atomic mass is 16.2. The minimum Gasteiger partial charge on any atom is -0.355 e. The van der Waals surface area contributed by atoms with Crippen LogP contribution in [-0.4, -0.2) is 60.9 Å². The van der Waals surface area contributed by atoms with Crippen molar-refractivity contribution in [3.63, 3.8) is 0 Å². The molecule has 2 fully saturated rings. The fraction of sp³-hybridized carbons (Fsp3) is 0.545. The Morgan fingerprint density at radius 1 is 1.23 bits per heavy atom. The molecule has 1 amide bonds. The summed E-state index contributed by atoms with van der Waals surface area (Å²) in [6.45, 7) is 7.31. The number of aromatic nitrogens is 5. The number of nitrogens with two attached hydrogens (primary N) is 1. The fourth-order valence-corrected chi connectivity index (χ4v) is 4.76. The van der Waals surface area contributed by atoms with E-state index >= 15 is 0 Å². The van der Waals surface area contributed by atoms with Gasteiger partial charge in [0.2, 0.25) is 0 Å². The van der Waals surface area contributed by atoms with Crippen LogP contribution in [0.3, 0.4) is 0 Å². The topological polar surface area (TPSA) is 97.6 Å². The fourth-order valence-electron chi connectivity index (χ4n) is 4.76. The molecule has 0 unspecified atom stereocenters. The first-order valence-electron chi connectivity index (χ1n) is 11.3. The lowest BCUT2D eigenvalue weighted by atomic mass is 9.99.